The smallest absolute Gasteiger partial charge is 0.310 e. The number of methoxy groups -OCH3 is 1. The zero-order valence-electron chi connectivity index (χ0n) is 16.1. The van der Waals surface area contributed by atoms with Crippen molar-refractivity contribution in [3.63, 3.8) is 0 Å². The number of para-hydroxylation sites is 2. The van der Waals surface area contributed by atoms with Gasteiger partial charge in [-0.3, -0.25) is 14.9 Å². The first-order valence-electron chi connectivity index (χ1n) is 8.99. The van der Waals surface area contributed by atoms with E-state index in [9.17, 15) is 14.9 Å². The molecule has 0 unspecified atom stereocenters. The fourth-order valence-corrected chi connectivity index (χ4v) is 3.21. The number of nitro benzene ring substituents is 1. The van der Waals surface area contributed by atoms with Crippen LogP contribution in [0.2, 0.25) is 0 Å². The fourth-order valence-electron chi connectivity index (χ4n) is 2.81. The van der Waals surface area contributed by atoms with Crippen LogP contribution in [0.25, 0.3) is 6.08 Å². The van der Waals surface area contributed by atoms with Crippen LogP contribution in [-0.4, -0.2) is 17.8 Å². The molecule has 0 saturated carbocycles. The SMILES string of the molecule is COc1ccc(/C=C/C(=O)c2cccc(Br)c2)cc1COc1ccccc1[N+](=O)[O-]. The number of halogens is 1. The molecule has 6 nitrogen and oxygen atoms in total. The van der Waals surface area contributed by atoms with E-state index in [4.69, 9.17) is 9.47 Å². The molecule has 152 valence electrons. The molecule has 0 heterocycles. The maximum atomic E-state index is 12.4. The van der Waals surface area contributed by atoms with Crippen molar-refractivity contribution in [2.45, 2.75) is 6.61 Å². The largest absolute Gasteiger partial charge is 0.496 e. The number of hydrogen-bond donors (Lipinski definition) is 0. The Bertz CT molecular complexity index is 1110. The van der Waals surface area contributed by atoms with Crippen molar-refractivity contribution in [2.24, 2.45) is 0 Å². The number of carbonyl (C=O) groups is 1. The molecular weight excluding hydrogens is 450 g/mol. The van der Waals surface area contributed by atoms with Gasteiger partial charge in [-0.15, -0.1) is 0 Å². The monoisotopic (exact) mass is 467 g/mol. The van der Waals surface area contributed by atoms with E-state index in [1.165, 1.54) is 19.3 Å². The van der Waals surface area contributed by atoms with Gasteiger partial charge in [0.15, 0.2) is 11.5 Å². The summed E-state index contributed by atoms with van der Waals surface area (Å²) in [4.78, 5) is 23.0. The van der Waals surface area contributed by atoms with Crippen molar-refractivity contribution in [2.75, 3.05) is 7.11 Å². The highest BCUT2D eigenvalue weighted by atomic mass is 79.9. The second-order valence-corrected chi connectivity index (χ2v) is 7.21. The van der Waals surface area contributed by atoms with E-state index in [0.29, 0.717) is 16.9 Å². The van der Waals surface area contributed by atoms with Crippen molar-refractivity contribution in [1.29, 1.82) is 0 Å². The number of benzene rings is 3. The molecule has 7 heteroatoms. The second-order valence-electron chi connectivity index (χ2n) is 6.29. The minimum Gasteiger partial charge on any atom is -0.496 e. The standard InChI is InChI=1S/C23H18BrNO5/c1-29-22-12-10-16(9-11-21(26)17-5-4-6-19(24)14-17)13-18(22)15-30-23-8-3-2-7-20(23)25(27)28/h2-14H,15H2,1H3/b11-9+. The van der Waals surface area contributed by atoms with E-state index < -0.39 is 4.92 Å². The summed E-state index contributed by atoms with van der Waals surface area (Å²) in [6.07, 6.45) is 3.20. The minimum absolute atomic E-state index is 0.0787. The first-order valence-corrected chi connectivity index (χ1v) is 9.78. The molecule has 0 aliphatic carbocycles. The van der Waals surface area contributed by atoms with Crippen molar-refractivity contribution in [3.05, 3.63) is 104 Å². The molecule has 0 aromatic heterocycles. The number of nitro groups is 1. The molecule has 0 amide bonds. The number of nitrogens with zero attached hydrogens (tertiary/aromatic N) is 1. The van der Waals surface area contributed by atoms with Crippen LogP contribution in [0.3, 0.4) is 0 Å². The van der Waals surface area contributed by atoms with Gasteiger partial charge in [-0.25, -0.2) is 0 Å². The summed E-state index contributed by atoms with van der Waals surface area (Å²) in [7, 11) is 1.54. The molecule has 3 aromatic carbocycles. The Hall–Kier alpha value is -3.45. The molecule has 0 saturated heterocycles. The number of hydrogen-bond acceptors (Lipinski definition) is 5. The Morgan fingerprint density at radius 1 is 1.07 bits per heavy atom. The van der Waals surface area contributed by atoms with E-state index in [1.54, 1.807) is 48.5 Å². The van der Waals surface area contributed by atoms with Gasteiger partial charge in [0.05, 0.1) is 12.0 Å². The van der Waals surface area contributed by atoms with Crippen molar-refractivity contribution in [3.8, 4) is 11.5 Å². The lowest BCUT2D eigenvalue weighted by Crippen LogP contribution is -2.01. The molecule has 3 aromatic rings. The van der Waals surface area contributed by atoms with E-state index >= 15 is 0 Å². The van der Waals surface area contributed by atoms with Crippen LogP contribution in [0.5, 0.6) is 11.5 Å². The molecule has 3 rings (SSSR count). The number of allylic oxidation sites excluding steroid dienone is 1. The number of rotatable bonds is 8. The van der Waals surface area contributed by atoms with E-state index in [2.05, 4.69) is 15.9 Å². The van der Waals surface area contributed by atoms with Crippen LogP contribution in [0.15, 0.2) is 77.3 Å². The summed E-state index contributed by atoms with van der Waals surface area (Å²) >= 11 is 3.36. The molecule has 0 spiro atoms. The summed E-state index contributed by atoms with van der Waals surface area (Å²) < 4.78 is 11.9. The Labute approximate surface area is 182 Å². The van der Waals surface area contributed by atoms with Crippen LogP contribution in [0.1, 0.15) is 21.5 Å². The van der Waals surface area contributed by atoms with E-state index in [-0.39, 0.29) is 23.8 Å². The summed E-state index contributed by atoms with van der Waals surface area (Å²) in [6.45, 7) is 0.0787. The van der Waals surface area contributed by atoms with Gasteiger partial charge in [0, 0.05) is 21.7 Å². The van der Waals surface area contributed by atoms with Crippen LogP contribution in [0.4, 0.5) is 5.69 Å². The molecular formula is C23H18BrNO5. The van der Waals surface area contributed by atoms with Crippen molar-refractivity contribution < 1.29 is 19.2 Å². The molecule has 0 aliphatic rings. The Kier molecular flexibility index (Phi) is 6.98. The van der Waals surface area contributed by atoms with Crippen molar-refractivity contribution in [1.82, 2.24) is 0 Å². The van der Waals surface area contributed by atoms with Crippen LogP contribution in [0, 0.1) is 10.1 Å². The molecule has 0 radical (unpaired) electrons. The third-order valence-electron chi connectivity index (χ3n) is 4.29. The zero-order chi connectivity index (χ0) is 21.5. The van der Waals surface area contributed by atoms with Crippen molar-refractivity contribution >= 4 is 33.5 Å². The minimum atomic E-state index is -0.487. The molecule has 0 N–H and O–H groups in total. The van der Waals surface area contributed by atoms with Gasteiger partial charge in [0.2, 0.25) is 0 Å². The van der Waals surface area contributed by atoms with E-state index in [1.807, 2.05) is 18.2 Å². The Morgan fingerprint density at radius 2 is 1.87 bits per heavy atom. The summed E-state index contributed by atoms with van der Waals surface area (Å²) in [5.41, 5.74) is 1.95. The normalized spacial score (nSPS) is 10.7. The lowest BCUT2D eigenvalue weighted by atomic mass is 10.1. The quantitative estimate of drug-likeness (QED) is 0.180. The highest BCUT2D eigenvalue weighted by Crippen LogP contribution is 2.28. The molecule has 0 aliphatic heterocycles. The van der Waals surface area contributed by atoms with Crippen LogP contribution in [-0.2, 0) is 6.61 Å². The van der Waals surface area contributed by atoms with E-state index in [0.717, 1.165) is 10.0 Å². The van der Waals surface area contributed by atoms with Gasteiger partial charge in [0.25, 0.3) is 0 Å². The predicted molar refractivity (Wildman–Crippen MR) is 118 cm³/mol. The molecule has 0 atom stereocenters. The number of carbonyl (C=O) groups excluding carboxylic acids is 1. The van der Waals surface area contributed by atoms with Gasteiger partial charge in [-0.2, -0.15) is 0 Å². The molecule has 30 heavy (non-hydrogen) atoms. The topological polar surface area (TPSA) is 78.7 Å². The summed E-state index contributed by atoms with van der Waals surface area (Å²) in [5.74, 6) is 0.643. The van der Waals surface area contributed by atoms with Gasteiger partial charge < -0.3 is 9.47 Å². The average Bonchev–Trinajstić information content (AvgIpc) is 2.76. The molecule has 0 fully saturated rings. The third kappa shape index (κ3) is 5.33. The van der Waals surface area contributed by atoms with Gasteiger partial charge >= 0.3 is 5.69 Å². The number of ether oxygens (including phenoxy) is 2. The van der Waals surface area contributed by atoms with Crippen LogP contribution < -0.4 is 9.47 Å². The van der Waals surface area contributed by atoms with Gasteiger partial charge in [0.1, 0.15) is 12.4 Å². The molecule has 0 bridgehead atoms. The van der Waals surface area contributed by atoms with Gasteiger partial charge in [-0.1, -0.05) is 52.3 Å². The summed E-state index contributed by atoms with van der Waals surface area (Å²) in [6, 6.07) is 18.8. The lowest BCUT2D eigenvalue weighted by Gasteiger charge is -2.11. The average molecular weight is 468 g/mol. The summed E-state index contributed by atoms with van der Waals surface area (Å²) in [5, 5.41) is 11.2. The zero-order valence-corrected chi connectivity index (χ0v) is 17.7. The third-order valence-corrected chi connectivity index (χ3v) is 4.78. The second kappa shape index (κ2) is 9.84. The maximum absolute atomic E-state index is 12.4. The number of ketones is 1. The lowest BCUT2D eigenvalue weighted by molar-refractivity contribution is -0.385. The van der Waals surface area contributed by atoms with Crippen LogP contribution >= 0.6 is 15.9 Å². The first-order chi connectivity index (χ1) is 14.5. The Balaban J connectivity index is 1.78. The van der Waals surface area contributed by atoms with Gasteiger partial charge in [-0.05, 0) is 42.0 Å². The Morgan fingerprint density at radius 3 is 2.60 bits per heavy atom. The highest BCUT2D eigenvalue weighted by Gasteiger charge is 2.14. The fraction of sp³-hybridized carbons (Fsp3) is 0.0870. The first kappa shape index (κ1) is 21.3. The highest BCUT2D eigenvalue weighted by molar-refractivity contribution is 9.10. The maximum Gasteiger partial charge on any atom is 0.310 e. The predicted octanol–water partition coefficient (Wildman–Crippen LogP) is 5.84.